The summed E-state index contributed by atoms with van der Waals surface area (Å²) in [5.41, 5.74) is 1.12. The van der Waals surface area contributed by atoms with E-state index >= 15 is 0 Å². The van der Waals surface area contributed by atoms with Crippen LogP contribution in [0.3, 0.4) is 0 Å². The Balaban J connectivity index is 2.84. The number of aromatic nitrogens is 2. The lowest BCUT2D eigenvalue weighted by Gasteiger charge is -2.25. The van der Waals surface area contributed by atoms with Crippen LogP contribution < -0.4 is 4.90 Å². The maximum atomic E-state index is 12.6. The van der Waals surface area contributed by atoms with Gasteiger partial charge in [-0.05, 0) is 30.2 Å². The van der Waals surface area contributed by atoms with Gasteiger partial charge in [0.15, 0.2) is 0 Å². The molecule has 0 N–H and O–H groups in total. The minimum Gasteiger partial charge on any atom is -0.281 e. The lowest BCUT2D eigenvalue weighted by molar-refractivity contribution is -0.120. The van der Waals surface area contributed by atoms with Crippen molar-refractivity contribution in [2.75, 3.05) is 11.4 Å². The fraction of sp³-hybridized carbons (Fsp3) is 0.722. The van der Waals surface area contributed by atoms with Crippen molar-refractivity contribution in [1.29, 1.82) is 0 Å². The first kappa shape index (κ1) is 18.6. The molecule has 1 aromatic heterocycles. The van der Waals surface area contributed by atoms with Gasteiger partial charge in [0.05, 0.1) is 0 Å². The zero-order valence-electron chi connectivity index (χ0n) is 14.9. The summed E-state index contributed by atoms with van der Waals surface area (Å²) >= 11 is 0. The largest absolute Gasteiger partial charge is 0.281 e. The van der Waals surface area contributed by atoms with E-state index in [0.717, 1.165) is 37.7 Å². The van der Waals surface area contributed by atoms with Crippen LogP contribution in [0.4, 0.5) is 5.95 Å². The standard InChI is InChI=1S/C18H31N3O/c1-6-8-10-15-13-19-17(20-14-15)21(11-9-7-2)16(22)12-18(3,4)5/h13-14H,6-12H2,1-5H3. The Morgan fingerprint density at radius 1 is 1.09 bits per heavy atom. The summed E-state index contributed by atoms with van der Waals surface area (Å²) < 4.78 is 0. The van der Waals surface area contributed by atoms with Crippen LogP contribution in [0.15, 0.2) is 12.4 Å². The molecule has 0 aromatic carbocycles. The van der Waals surface area contributed by atoms with E-state index in [1.165, 1.54) is 0 Å². The highest BCUT2D eigenvalue weighted by Crippen LogP contribution is 2.22. The number of nitrogens with zero attached hydrogens (tertiary/aromatic N) is 3. The van der Waals surface area contributed by atoms with E-state index in [-0.39, 0.29) is 11.3 Å². The maximum Gasteiger partial charge on any atom is 0.232 e. The highest BCUT2D eigenvalue weighted by atomic mass is 16.2. The first-order chi connectivity index (χ1) is 10.4. The smallest absolute Gasteiger partial charge is 0.232 e. The molecule has 0 fully saturated rings. The van der Waals surface area contributed by atoms with Crippen molar-refractivity contribution in [1.82, 2.24) is 9.97 Å². The lowest BCUT2D eigenvalue weighted by atomic mass is 9.91. The van der Waals surface area contributed by atoms with Crippen LogP contribution in [0.2, 0.25) is 0 Å². The second-order valence-electron chi connectivity index (χ2n) is 7.13. The summed E-state index contributed by atoms with van der Waals surface area (Å²) in [6.07, 6.45) is 9.56. The molecular weight excluding hydrogens is 274 g/mol. The molecule has 0 saturated heterocycles. The van der Waals surface area contributed by atoms with E-state index < -0.39 is 0 Å². The van der Waals surface area contributed by atoms with Gasteiger partial charge in [0.2, 0.25) is 11.9 Å². The molecule has 1 amide bonds. The van der Waals surface area contributed by atoms with Gasteiger partial charge in [-0.15, -0.1) is 0 Å². The number of unbranched alkanes of at least 4 members (excludes halogenated alkanes) is 2. The van der Waals surface area contributed by atoms with Gasteiger partial charge in [-0.3, -0.25) is 9.69 Å². The molecule has 0 atom stereocenters. The summed E-state index contributed by atoms with van der Waals surface area (Å²) in [7, 11) is 0. The lowest BCUT2D eigenvalue weighted by Crippen LogP contribution is -2.35. The van der Waals surface area contributed by atoms with Gasteiger partial charge < -0.3 is 0 Å². The van der Waals surface area contributed by atoms with Crippen molar-refractivity contribution in [3.05, 3.63) is 18.0 Å². The van der Waals surface area contributed by atoms with Crippen LogP contribution in [-0.4, -0.2) is 22.4 Å². The van der Waals surface area contributed by atoms with Gasteiger partial charge in [-0.25, -0.2) is 9.97 Å². The molecule has 0 unspecified atom stereocenters. The number of hydrogen-bond acceptors (Lipinski definition) is 3. The Hall–Kier alpha value is -1.45. The van der Waals surface area contributed by atoms with Gasteiger partial charge in [-0.2, -0.15) is 0 Å². The molecule has 0 spiro atoms. The van der Waals surface area contributed by atoms with Gasteiger partial charge in [0.1, 0.15) is 0 Å². The quantitative estimate of drug-likeness (QED) is 0.715. The summed E-state index contributed by atoms with van der Waals surface area (Å²) in [5, 5.41) is 0. The molecule has 4 heteroatoms. The maximum absolute atomic E-state index is 12.6. The zero-order valence-corrected chi connectivity index (χ0v) is 14.9. The van der Waals surface area contributed by atoms with Crippen LogP contribution in [0.5, 0.6) is 0 Å². The SMILES string of the molecule is CCCCc1cnc(N(CCCC)C(=O)CC(C)(C)C)nc1. The van der Waals surface area contributed by atoms with Crippen molar-refractivity contribution in [3.63, 3.8) is 0 Å². The third-order valence-corrected chi connectivity index (χ3v) is 3.47. The number of aryl methyl sites for hydroxylation is 1. The number of carbonyl (C=O) groups is 1. The second-order valence-corrected chi connectivity index (χ2v) is 7.13. The second kappa shape index (κ2) is 8.86. The van der Waals surface area contributed by atoms with Gasteiger partial charge in [-0.1, -0.05) is 47.5 Å². The Labute approximate surface area is 135 Å². The molecule has 4 nitrogen and oxygen atoms in total. The van der Waals surface area contributed by atoms with Crippen LogP contribution in [0, 0.1) is 5.41 Å². The van der Waals surface area contributed by atoms with Crippen molar-refractivity contribution < 1.29 is 4.79 Å². The van der Waals surface area contributed by atoms with E-state index in [9.17, 15) is 4.79 Å². The van der Waals surface area contributed by atoms with E-state index in [0.29, 0.717) is 18.9 Å². The summed E-state index contributed by atoms with van der Waals surface area (Å²) in [5.74, 6) is 0.658. The molecule has 0 bridgehead atoms. The molecule has 0 radical (unpaired) electrons. The topological polar surface area (TPSA) is 46.1 Å². The molecule has 0 saturated carbocycles. The van der Waals surface area contributed by atoms with Crippen LogP contribution in [0.1, 0.15) is 72.3 Å². The predicted octanol–water partition coefficient (Wildman–Crippen LogP) is 4.39. The van der Waals surface area contributed by atoms with E-state index in [1.54, 1.807) is 4.90 Å². The molecule has 124 valence electrons. The van der Waals surface area contributed by atoms with Crippen LogP contribution >= 0.6 is 0 Å². The van der Waals surface area contributed by atoms with Crippen molar-refractivity contribution in [2.24, 2.45) is 5.41 Å². The zero-order chi connectivity index (χ0) is 16.6. The van der Waals surface area contributed by atoms with E-state index in [4.69, 9.17) is 0 Å². The number of rotatable bonds is 8. The molecule has 1 rings (SSSR count). The minimum absolute atomic E-state index is 0.0252. The summed E-state index contributed by atoms with van der Waals surface area (Å²) in [4.78, 5) is 23.2. The number of amides is 1. The molecule has 0 aliphatic rings. The monoisotopic (exact) mass is 305 g/mol. The molecular formula is C18H31N3O. The minimum atomic E-state index is -0.0252. The Morgan fingerprint density at radius 2 is 1.68 bits per heavy atom. The number of hydrogen-bond donors (Lipinski definition) is 0. The number of carbonyl (C=O) groups excluding carboxylic acids is 1. The summed E-state index contributed by atoms with van der Waals surface area (Å²) in [6.45, 7) is 11.2. The normalized spacial score (nSPS) is 11.5. The van der Waals surface area contributed by atoms with Gasteiger partial charge >= 0.3 is 0 Å². The van der Waals surface area contributed by atoms with Crippen molar-refractivity contribution in [2.45, 2.75) is 73.1 Å². The van der Waals surface area contributed by atoms with Gasteiger partial charge in [0, 0.05) is 25.4 Å². The van der Waals surface area contributed by atoms with Gasteiger partial charge in [0.25, 0.3) is 0 Å². The number of anilines is 1. The van der Waals surface area contributed by atoms with Crippen LogP contribution in [0.25, 0.3) is 0 Å². The predicted molar refractivity (Wildman–Crippen MR) is 92.0 cm³/mol. The Morgan fingerprint density at radius 3 is 2.18 bits per heavy atom. The molecule has 1 heterocycles. The average Bonchev–Trinajstić information content (AvgIpc) is 2.45. The molecule has 0 aliphatic heterocycles. The van der Waals surface area contributed by atoms with Crippen molar-refractivity contribution in [3.8, 4) is 0 Å². The fourth-order valence-electron chi connectivity index (χ4n) is 2.20. The molecule has 22 heavy (non-hydrogen) atoms. The third kappa shape index (κ3) is 6.54. The highest BCUT2D eigenvalue weighted by Gasteiger charge is 2.23. The Bertz CT molecular complexity index is 448. The first-order valence-electron chi connectivity index (χ1n) is 8.48. The Kier molecular flexibility index (Phi) is 7.49. The first-order valence-corrected chi connectivity index (χ1v) is 8.48. The highest BCUT2D eigenvalue weighted by molar-refractivity contribution is 5.91. The summed E-state index contributed by atoms with van der Waals surface area (Å²) in [6, 6.07) is 0. The van der Waals surface area contributed by atoms with E-state index in [2.05, 4.69) is 44.6 Å². The van der Waals surface area contributed by atoms with Crippen molar-refractivity contribution >= 4 is 11.9 Å². The van der Waals surface area contributed by atoms with Crippen LogP contribution in [-0.2, 0) is 11.2 Å². The molecule has 0 aliphatic carbocycles. The fourth-order valence-corrected chi connectivity index (χ4v) is 2.20. The van der Waals surface area contributed by atoms with E-state index in [1.807, 2.05) is 12.4 Å². The third-order valence-electron chi connectivity index (χ3n) is 3.47. The molecule has 1 aromatic rings. The average molecular weight is 305 g/mol.